The van der Waals surface area contributed by atoms with E-state index in [-0.39, 0.29) is 0 Å². The first-order valence-corrected chi connectivity index (χ1v) is 6.04. The van der Waals surface area contributed by atoms with Gasteiger partial charge in [-0.15, -0.1) is 0 Å². The van der Waals surface area contributed by atoms with E-state index >= 15 is 0 Å². The molecule has 0 saturated heterocycles. The van der Waals surface area contributed by atoms with Gasteiger partial charge in [0.1, 0.15) is 0 Å². The number of aromatic amines is 1. The van der Waals surface area contributed by atoms with Gasteiger partial charge in [0.2, 0.25) is 0 Å². The minimum atomic E-state index is 0.640. The van der Waals surface area contributed by atoms with Crippen LogP contribution in [0.4, 0.5) is 0 Å². The number of hydrogen-bond acceptors (Lipinski definition) is 1. The standard InChI is InChI=1S/C13H10BrNO/c14-12-10-6-5-8-3-1-2-4-9(8)13(10)15-11(12)7-16/h1-4,7,15H,5-6H2. The number of carbonyl (C=O) groups is 1. The molecule has 2 nitrogen and oxygen atoms in total. The average Bonchev–Trinajstić information content (AvgIpc) is 2.67. The van der Waals surface area contributed by atoms with Crippen molar-refractivity contribution in [2.45, 2.75) is 12.8 Å². The first-order valence-electron chi connectivity index (χ1n) is 5.25. The van der Waals surface area contributed by atoms with Gasteiger partial charge in [-0.3, -0.25) is 4.79 Å². The zero-order valence-corrected chi connectivity index (χ0v) is 10.2. The Morgan fingerprint density at radius 2 is 2.06 bits per heavy atom. The molecule has 1 aromatic carbocycles. The van der Waals surface area contributed by atoms with Crippen LogP contribution in [0.2, 0.25) is 0 Å². The van der Waals surface area contributed by atoms with Crippen molar-refractivity contribution in [1.82, 2.24) is 4.98 Å². The van der Waals surface area contributed by atoms with Gasteiger partial charge in [-0.2, -0.15) is 0 Å². The summed E-state index contributed by atoms with van der Waals surface area (Å²) in [5.74, 6) is 0. The second-order valence-corrected chi connectivity index (χ2v) is 4.77. The molecule has 0 atom stereocenters. The third-order valence-corrected chi connectivity index (χ3v) is 4.02. The second kappa shape index (κ2) is 3.59. The smallest absolute Gasteiger partial charge is 0.167 e. The molecule has 0 amide bonds. The van der Waals surface area contributed by atoms with Crippen molar-refractivity contribution in [2.24, 2.45) is 0 Å². The minimum Gasteiger partial charge on any atom is -0.351 e. The highest BCUT2D eigenvalue weighted by Gasteiger charge is 2.21. The fourth-order valence-electron chi connectivity index (χ4n) is 2.32. The predicted molar refractivity (Wildman–Crippen MR) is 66.7 cm³/mol. The summed E-state index contributed by atoms with van der Waals surface area (Å²) < 4.78 is 0.923. The third-order valence-electron chi connectivity index (χ3n) is 3.11. The maximum atomic E-state index is 10.9. The molecule has 1 aliphatic carbocycles. The van der Waals surface area contributed by atoms with Crippen LogP contribution in [0.1, 0.15) is 21.6 Å². The van der Waals surface area contributed by atoms with Crippen molar-refractivity contribution >= 4 is 22.2 Å². The summed E-state index contributed by atoms with van der Waals surface area (Å²) in [4.78, 5) is 14.1. The summed E-state index contributed by atoms with van der Waals surface area (Å²) in [6.07, 6.45) is 2.89. The van der Waals surface area contributed by atoms with Crippen LogP contribution >= 0.6 is 15.9 Å². The largest absolute Gasteiger partial charge is 0.351 e. The molecule has 0 radical (unpaired) electrons. The molecule has 0 fully saturated rings. The van der Waals surface area contributed by atoms with Crippen LogP contribution in [-0.4, -0.2) is 11.3 Å². The van der Waals surface area contributed by atoms with E-state index in [0.29, 0.717) is 5.69 Å². The number of fused-ring (bicyclic) bond motifs is 3. The lowest BCUT2D eigenvalue weighted by Gasteiger charge is -2.16. The molecule has 1 aliphatic rings. The number of aromatic nitrogens is 1. The van der Waals surface area contributed by atoms with Gasteiger partial charge in [-0.1, -0.05) is 24.3 Å². The van der Waals surface area contributed by atoms with Crippen molar-refractivity contribution in [3.05, 3.63) is 45.6 Å². The molecule has 1 aromatic heterocycles. The summed E-state index contributed by atoms with van der Waals surface area (Å²) in [7, 11) is 0. The lowest BCUT2D eigenvalue weighted by Crippen LogP contribution is -2.02. The Morgan fingerprint density at radius 1 is 1.25 bits per heavy atom. The Balaban J connectivity index is 2.29. The Bertz CT molecular complexity index is 571. The number of rotatable bonds is 1. The molecule has 0 bridgehead atoms. The fraction of sp³-hybridized carbons (Fsp3) is 0.154. The number of halogens is 1. The number of benzene rings is 1. The van der Waals surface area contributed by atoms with Crippen LogP contribution < -0.4 is 0 Å². The Labute approximate surface area is 102 Å². The number of hydrogen-bond donors (Lipinski definition) is 1. The lowest BCUT2D eigenvalue weighted by atomic mass is 9.90. The highest BCUT2D eigenvalue weighted by molar-refractivity contribution is 9.10. The number of aldehydes is 1. The van der Waals surface area contributed by atoms with Gasteiger partial charge < -0.3 is 4.98 Å². The maximum absolute atomic E-state index is 10.9. The quantitative estimate of drug-likeness (QED) is 0.796. The van der Waals surface area contributed by atoms with E-state index in [1.165, 1.54) is 16.7 Å². The highest BCUT2D eigenvalue weighted by Crippen LogP contribution is 2.37. The number of aryl methyl sites for hydroxylation is 1. The molecule has 0 aliphatic heterocycles. The van der Waals surface area contributed by atoms with Gasteiger partial charge in [0.15, 0.2) is 6.29 Å². The lowest BCUT2D eigenvalue weighted by molar-refractivity contribution is 0.111. The van der Waals surface area contributed by atoms with Crippen LogP contribution in [0.3, 0.4) is 0 Å². The summed E-state index contributed by atoms with van der Waals surface area (Å²) in [6.45, 7) is 0. The Morgan fingerprint density at radius 3 is 2.88 bits per heavy atom. The molecule has 1 heterocycles. The number of carbonyl (C=O) groups excluding carboxylic acids is 1. The van der Waals surface area contributed by atoms with Gasteiger partial charge in [0, 0.05) is 10.0 Å². The van der Waals surface area contributed by atoms with Crippen LogP contribution in [0.5, 0.6) is 0 Å². The average molecular weight is 276 g/mol. The van der Waals surface area contributed by atoms with Crippen LogP contribution in [0.15, 0.2) is 28.7 Å². The molecule has 3 rings (SSSR count). The zero-order chi connectivity index (χ0) is 11.1. The monoisotopic (exact) mass is 275 g/mol. The SMILES string of the molecule is O=Cc1[nH]c2c(c1Br)CCc1ccccc1-2. The Hall–Kier alpha value is -1.35. The topological polar surface area (TPSA) is 32.9 Å². The van der Waals surface area contributed by atoms with Gasteiger partial charge in [0.25, 0.3) is 0 Å². The summed E-state index contributed by atoms with van der Waals surface area (Å²) in [5.41, 5.74) is 5.53. The number of H-pyrrole nitrogens is 1. The van der Waals surface area contributed by atoms with E-state index in [4.69, 9.17) is 0 Å². The predicted octanol–water partition coefficient (Wildman–Crippen LogP) is 3.36. The molecule has 80 valence electrons. The first-order chi connectivity index (χ1) is 7.81. The molecule has 1 N–H and O–H groups in total. The molecular weight excluding hydrogens is 266 g/mol. The van der Waals surface area contributed by atoms with Crippen LogP contribution in [-0.2, 0) is 12.8 Å². The fourth-order valence-corrected chi connectivity index (χ4v) is 2.91. The zero-order valence-electron chi connectivity index (χ0n) is 8.59. The van der Waals surface area contributed by atoms with E-state index < -0.39 is 0 Å². The van der Waals surface area contributed by atoms with Crippen molar-refractivity contribution < 1.29 is 4.79 Å². The van der Waals surface area contributed by atoms with Crippen LogP contribution in [0, 0.1) is 0 Å². The third kappa shape index (κ3) is 1.28. The van der Waals surface area contributed by atoms with E-state index in [1.54, 1.807) is 0 Å². The van der Waals surface area contributed by atoms with Crippen molar-refractivity contribution in [3.63, 3.8) is 0 Å². The summed E-state index contributed by atoms with van der Waals surface area (Å²) >= 11 is 3.49. The van der Waals surface area contributed by atoms with Gasteiger partial charge in [0.05, 0.1) is 11.4 Å². The van der Waals surface area contributed by atoms with E-state index in [0.717, 1.165) is 29.3 Å². The second-order valence-electron chi connectivity index (χ2n) is 3.98. The normalized spacial score (nSPS) is 13.1. The molecular formula is C13H10BrNO. The van der Waals surface area contributed by atoms with Gasteiger partial charge in [-0.05, 0) is 39.9 Å². The molecule has 0 saturated carbocycles. The van der Waals surface area contributed by atoms with Gasteiger partial charge >= 0.3 is 0 Å². The molecule has 16 heavy (non-hydrogen) atoms. The summed E-state index contributed by atoms with van der Waals surface area (Å²) in [6, 6.07) is 8.34. The molecule has 2 aromatic rings. The minimum absolute atomic E-state index is 0.640. The molecule has 0 spiro atoms. The van der Waals surface area contributed by atoms with Crippen molar-refractivity contribution in [2.75, 3.05) is 0 Å². The van der Waals surface area contributed by atoms with E-state index in [1.807, 2.05) is 6.07 Å². The van der Waals surface area contributed by atoms with E-state index in [2.05, 4.69) is 39.1 Å². The maximum Gasteiger partial charge on any atom is 0.167 e. The molecule has 0 unspecified atom stereocenters. The van der Waals surface area contributed by atoms with E-state index in [9.17, 15) is 4.79 Å². The highest BCUT2D eigenvalue weighted by atomic mass is 79.9. The number of nitrogens with one attached hydrogen (secondary N) is 1. The van der Waals surface area contributed by atoms with Crippen molar-refractivity contribution in [3.8, 4) is 11.3 Å². The Kier molecular flexibility index (Phi) is 2.21. The molecule has 3 heteroatoms. The first kappa shape index (κ1) is 9.85. The van der Waals surface area contributed by atoms with Crippen LogP contribution in [0.25, 0.3) is 11.3 Å². The van der Waals surface area contributed by atoms with Gasteiger partial charge in [-0.25, -0.2) is 0 Å². The summed E-state index contributed by atoms with van der Waals surface area (Å²) in [5, 5.41) is 0. The van der Waals surface area contributed by atoms with Crippen molar-refractivity contribution in [1.29, 1.82) is 0 Å².